The fraction of sp³-hybridized carbons (Fsp3) is 0. The van der Waals surface area contributed by atoms with Gasteiger partial charge in [0.15, 0.2) is 5.95 Å². The highest BCUT2D eigenvalue weighted by molar-refractivity contribution is 9.10. The maximum atomic E-state index is 9.46. The van der Waals surface area contributed by atoms with Gasteiger partial charge in [0.2, 0.25) is 0 Å². The van der Waals surface area contributed by atoms with Gasteiger partial charge in [0, 0.05) is 5.56 Å². The van der Waals surface area contributed by atoms with Crippen LogP contribution in [0.4, 0.5) is 5.95 Å². The van der Waals surface area contributed by atoms with E-state index in [1.807, 2.05) is 6.07 Å². The number of phenols is 1. The minimum atomic E-state index is 0.190. The Kier molecular flexibility index (Phi) is 2.17. The van der Waals surface area contributed by atoms with Crippen molar-refractivity contribution in [2.75, 3.05) is 5.73 Å². The number of imidazole rings is 1. The van der Waals surface area contributed by atoms with E-state index < -0.39 is 0 Å². The fourth-order valence-corrected chi connectivity index (χ4v) is 1.41. The first-order valence-corrected chi connectivity index (χ1v) is 4.75. The third-order valence-electron chi connectivity index (χ3n) is 1.85. The van der Waals surface area contributed by atoms with Crippen molar-refractivity contribution in [3.63, 3.8) is 0 Å². The Hall–Kier alpha value is -1.49. The summed E-state index contributed by atoms with van der Waals surface area (Å²) in [5.41, 5.74) is 7.07. The summed E-state index contributed by atoms with van der Waals surface area (Å²) in [6.45, 7) is 0. The summed E-state index contributed by atoms with van der Waals surface area (Å²) in [4.78, 5) is 6.75. The van der Waals surface area contributed by atoms with E-state index in [4.69, 9.17) is 5.73 Å². The fourth-order valence-electron chi connectivity index (χ4n) is 1.16. The lowest BCUT2D eigenvalue weighted by Crippen LogP contribution is -1.85. The first-order chi connectivity index (χ1) is 6.66. The van der Waals surface area contributed by atoms with E-state index in [2.05, 4.69) is 25.9 Å². The van der Waals surface area contributed by atoms with Gasteiger partial charge in [-0.25, -0.2) is 4.98 Å². The molecule has 2 rings (SSSR count). The zero-order valence-electron chi connectivity index (χ0n) is 7.16. The highest BCUT2D eigenvalue weighted by Gasteiger charge is 2.04. The van der Waals surface area contributed by atoms with Crippen LogP contribution >= 0.6 is 15.9 Å². The molecule has 0 atom stereocenters. The van der Waals surface area contributed by atoms with Gasteiger partial charge in [0.25, 0.3) is 0 Å². The van der Waals surface area contributed by atoms with E-state index in [0.717, 1.165) is 11.3 Å². The quantitative estimate of drug-likeness (QED) is 0.729. The minimum Gasteiger partial charge on any atom is -0.507 e. The van der Waals surface area contributed by atoms with Crippen molar-refractivity contribution in [3.8, 4) is 17.0 Å². The number of benzene rings is 1. The predicted molar refractivity (Wildman–Crippen MR) is 57.8 cm³/mol. The number of halogens is 1. The molecule has 0 unspecified atom stereocenters. The average molecular weight is 254 g/mol. The summed E-state index contributed by atoms with van der Waals surface area (Å²) in [5, 5.41) is 9.46. The maximum absolute atomic E-state index is 9.46. The van der Waals surface area contributed by atoms with E-state index in [0.29, 0.717) is 10.4 Å². The Morgan fingerprint density at radius 1 is 1.43 bits per heavy atom. The molecule has 0 radical (unpaired) electrons. The number of rotatable bonds is 1. The molecule has 1 aromatic carbocycles. The number of nitrogens with zero attached hydrogens (tertiary/aromatic N) is 1. The number of nitrogens with one attached hydrogen (secondary N) is 1. The van der Waals surface area contributed by atoms with E-state index in [9.17, 15) is 5.11 Å². The molecule has 2 aromatic rings. The van der Waals surface area contributed by atoms with Crippen LogP contribution in [0.25, 0.3) is 11.3 Å². The maximum Gasteiger partial charge on any atom is 0.197 e. The molecule has 0 aliphatic carbocycles. The molecule has 1 aromatic heterocycles. The molecule has 4 N–H and O–H groups in total. The number of aromatic hydroxyl groups is 1. The summed E-state index contributed by atoms with van der Waals surface area (Å²) in [6.07, 6.45) is 1.62. The molecule has 0 fully saturated rings. The summed E-state index contributed by atoms with van der Waals surface area (Å²) in [6, 6.07) is 5.26. The molecule has 1 heterocycles. The first-order valence-electron chi connectivity index (χ1n) is 3.96. The van der Waals surface area contributed by atoms with Gasteiger partial charge in [-0.1, -0.05) is 6.07 Å². The third-order valence-corrected chi connectivity index (χ3v) is 2.52. The highest BCUT2D eigenvalue weighted by Crippen LogP contribution is 2.28. The van der Waals surface area contributed by atoms with E-state index in [1.54, 1.807) is 18.3 Å². The molecule has 14 heavy (non-hydrogen) atoms. The molecule has 0 spiro atoms. The van der Waals surface area contributed by atoms with Gasteiger partial charge in [0.05, 0.1) is 16.4 Å². The Morgan fingerprint density at radius 2 is 2.21 bits per heavy atom. The van der Waals surface area contributed by atoms with Crippen molar-refractivity contribution < 1.29 is 5.11 Å². The van der Waals surface area contributed by atoms with Gasteiger partial charge < -0.3 is 15.8 Å². The zero-order chi connectivity index (χ0) is 10.1. The Morgan fingerprint density at radius 3 is 2.79 bits per heavy atom. The number of aromatic amines is 1. The predicted octanol–water partition coefficient (Wildman–Crippen LogP) is 2.13. The van der Waals surface area contributed by atoms with E-state index in [1.165, 1.54) is 0 Å². The topological polar surface area (TPSA) is 74.9 Å². The van der Waals surface area contributed by atoms with Crippen LogP contribution in [0.3, 0.4) is 0 Å². The van der Waals surface area contributed by atoms with Crippen LogP contribution in [0.5, 0.6) is 5.75 Å². The van der Waals surface area contributed by atoms with E-state index in [-0.39, 0.29) is 5.75 Å². The smallest absolute Gasteiger partial charge is 0.197 e. The molecule has 0 aliphatic rings. The van der Waals surface area contributed by atoms with Gasteiger partial charge in [-0.05, 0) is 28.1 Å². The second kappa shape index (κ2) is 3.34. The zero-order valence-corrected chi connectivity index (χ0v) is 8.75. The highest BCUT2D eigenvalue weighted by atomic mass is 79.9. The number of aromatic nitrogens is 2. The lowest BCUT2D eigenvalue weighted by Gasteiger charge is -2.00. The first kappa shape index (κ1) is 9.08. The van der Waals surface area contributed by atoms with Crippen LogP contribution in [-0.4, -0.2) is 15.1 Å². The molecule has 72 valence electrons. The summed E-state index contributed by atoms with van der Waals surface area (Å²) >= 11 is 3.21. The van der Waals surface area contributed by atoms with Crippen LogP contribution < -0.4 is 5.73 Å². The number of nitrogens with two attached hydrogens (primary N) is 1. The summed E-state index contributed by atoms with van der Waals surface area (Å²) in [7, 11) is 0. The van der Waals surface area contributed by atoms with Gasteiger partial charge in [-0.2, -0.15) is 0 Å². The summed E-state index contributed by atoms with van der Waals surface area (Å²) in [5.74, 6) is 0.554. The lowest BCUT2D eigenvalue weighted by molar-refractivity contribution is 0.472. The number of anilines is 1. The molecular weight excluding hydrogens is 246 g/mol. The third kappa shape index (κ3) is 1.58. The second-order valence-corrected chi connectivity index (χ2v) is 3.70. The Balaban J connectivity index is 2.47. The normalized spacial score (nSPS) is 10.4. The number of hydrogen-bond donors (Lipinski definition) is 3. The monoisotopic (exact) mass is 253 g/mol. The van der Waals surface area contributed by atoms with Crippen molar-refractivity contribution in [1.82, 2.24) is 9.97 Å². The van der Waals surface area contributed by atoms with Crippen molar-refractivity contribution in [1.29, 1.82) is 0 Å². The number of nitrogen functional groups attached to an aromatic ring is 1. The molecule has 5 heteroatoms. The average Bonchev–Trinajstić information content (AvgIpc) is 2.57. The van der Waals surface area contributed by atoms with Crippen LogP contribution in [0.1, 0.15) is 0 Å². The van der Waals surface area contributed by atoms with Gasteiger partial charge in [-0.3, -0.25) is 0 Å². The van der Waals surface area contributed by atoms with E-state index >= 15 is 0 Å². The molecule has 0 aliphatic heterocycles. The van der Waals surface area contributed by atoms with Crippen molar-refractivity contribution in [2.24, 2.45) is 0 Å². The number of phenolic OH excluding ortho intramolecular Hbond substituents is 1. The van der Waals surface area contributed by atoms with Gasteiger partial charge >= 0.3 is 0 Å². The molecule has 0 amide bonds. The molecule has 0 saturated carbocycles. The van der Waals surface area contributed by atoms with Crippen LogP contribution in [0.15, 0.2) is 28.9 Å². The molecular formula is C9H8BrN3O. The van der Waals surface area contributed by atoms with Crippen LogP contribution in [0, 0.1) is 0 Å². The van der Waals surface area contributed by atoms with Crippen molar-refractivity contribution in [2.45, 2.75) is 0 Å². The van der Waals surface area contributed by atoms with Crippen LogP contribution in [0.2, 0.25) is 0 Å². The minimum absolute atomic E-state index is 0.190. The number of hydrogen-bond acceptors (Lipinski definition) is 3. The Labute approximate surface area is 88.9 Å². The van der Waals surface area contributed by atoms with Crippen LogP contribution in [-0.2, 0) is 0 Å². The van der Waals surface area contributed by atoms with Gasteiger partial charge in [0.1, 0.15) is 5.75 Å². The molecule has 0 saturated heterocycles. The largest absolute Gasteiger partial charge is 0.507 e. The number of H-pyrrole nitrogens is 1. The molecule has 0 bridgehead atoms. The second-order valence-electron chi connectivity index (χ2n) is 2.85. The summed E-state index contributed by atoms with van der Waals surface area (Å²) < 4.78 is 0.661. The van der Waals surface area contributed by atoms with Crippen molar-refractivity contribution >= 4 is 21.9 Å². The van der Waals surface area contributed by atoms with Crippen molar-refractivity contribution in [3.05, 3.63) is 28.9 Å². The molecule has 4 nitrogen and oxygen atoms in total. The standard InChI is InChI=1S/C9H8BrN3O/c10-6-2-1-5(3-8(6)14)7-4-12-9(11)13-7/h1-4,14H,(H3,11,12,13). The lowest BCUT2D eigenvalue weighted by atomic mass is 10.1. The Bertz CT molecular complexity index is 467. The van der Waals surface area contributed by atoms with Gasteiger partial charge in [-0.15, -0.1) is 0 Å². The SMILES string of the molecule is Nc1ncc(-c2ccc(Br)c(O)c2)[nH]1.